The summed E-state index contributed by atoms with van der Waals surface area (Å²) in [6.07, 6.45) is 2.11. The Hall–Kier alpha value is -2.77. The van der Waals surface area contributed by atoms with Crippen LogP contribution in [0.5, 0.6) is 0 Å². The van der Waals surface area contributed by atoms with Gasteiger partial charge in [0.05, 0.1) is 5.69 Å². The van der Waals surface area contributed by atoms with Crippen LogP contribution in [0, 0.1) is 5.41 Å². The van der Waals surface area contributed by atoms with Crippen molar-refractivity contribution < 1.29 is 18.3 Å². The predicted molar refractivity (Wildman–Crippen MR) is 122 cm³/mol. The summed E-state index contributed by atoms with van der Waals surface area (Å²) in [5.74, 6) is -2.14. The second-order valence-corrected chi connectivity index (χ2v) is 9.37. The molecule has 0 aliphatic carbocycles. The van der Waals surface area contributed by atoms with Gasteiger partial charge in [-0.05, 0) is 31.0 Å². The van der Waals surface area contributed by atoms with E-state index < -0.39 is 23.5 Å². The maximum absolute atomic E-state index is 14.5. The Balaban J connectivity index is 2.25. The number of nitrogens with zero attached hydrogens (tertiary/aromatic N) is 3. The van der Waals surface area contributed by atoms with Gasteiger partial charge in [-0.15, -0.1) is 0 Å². The van der Waals surface area contributed by atoms with Gasteiger partial charge in [0.2, 0.25) is 0 Å². The molecule has 2 aromatic heterocycles. The number of hydrogen-bond acceptors (Lipinski definition) is 5. The van der Waals surface area contributed by atoms with E-state index in [-0.39, 0.29) is 5.56 Å². The standard InChI is InChI=1S/C24H32F2N4O2/c1-7-11-30(12-8-2)18-14-15(24(6,25)26)13-17(28-18)16-9-10-27-21-19(16)20(23(3,4)5)32-22(31)29-21/h9-10,13-14,20H,7-8,11-12H2,1-6H3,(H,27,29,31)/t20-/m0/s1. The van der Waals surface area contributed by atoms with E-state index in [0.717, 1.165) is 32.9 Å². The molecule has 0 unspecified atom stereocenters. The van der Waals surface area contributed by atoms with Gasteiger partial charge in [0.1, 0.15) is 17.7 Å². The molecular formula is C24H32F2N4O2. The summed E-state index contributed by atoms with van der Waals surface area (Å²) in [5, 5.41) is 2.64. The number of amides is 1. The first-order valence-corrected chi connectivity index (χ1v) is 11.1. The van der Waals surface area contributed by atoms with E-state index in [2.05, 4.69) is 24.1 Å². The van der Waals surface area contributed by atoms with Crippen LogP contribution in [-0.4, -0.2) is 29.2 Å². The molecule has 0 fully saturated rings. The lowest BCUT2D eigenvalue weighted by Crippen LogP contribution is -2.33. The Morgan fingerprint density at radius 1 is 1.12 bits per heavy atom. The second kappa shape index (κ2) is 9.00. The van der Waals surface area contributed by atoms with Crippen LogP contribution < -0.4 is 10.2 Å². The minimum absolute atomic E-state index is 0.103. The molecule has 0 aromatic carbocycles. The number of carbonyl (C=O) groups excluding carboxylic acids is 1. The summed E-state index contributed by atoms with van der Waals surface area (Å²) in [6, 6.07) is 4.64. The predicted octanol–water partition coefficient (Wildman–Crippen LogP) is 6.53. The van der Waals surface area contributed by atoms with Crippen molar-refractivity contribution >= 4 is 17.7 Å². The molecule has 1 amide bonds. The molecule has 0 bridgehead atoms. The zero-order valence-electron chi connectivity index (χ0n) is 19.6. The van der Waals surface area contributed by atoms with Crippen LogP contribution in [-0.2, 0) is 10.7 Å². The van der Waals surface area contributed by atoms with Crippen molar-refractivity contribution in [3.05, 3.63) is 35.5 Å². The molecule has 3 heterocycles. The van der Waals surface area contributed by atoms with Gasteiger partial charge in [-0.1, -0.05) is 34.6 Å². The van der Waals surface area contributed by atoms with Gasteiger partial charge >= 0.3 is 6.09 Å². The van der Waals surface area contributed by atoms with Gasteiger partial charge < -0.3 is 9.64 Å². The first-order chi connectivity index (χ1) is 15.0. The van der Waals surface area contributed by atoms with Crippen LogP contribution in [0.1, 0.15) is 71.6 Å². The van der Waals surface area contributed by atoms with Crippen molar-refractivity contribution in [2.24, 2.45) is 5.41 Å². The monoisotopic (exact) mass is 446 g/mol. The average Bonchev–Trinajstić information content (AvgIpc) is 2.70. The number of hydrogen-bond donors (Lipinski definition) is 1. The first-order valence-electron chi connectivity index (χ1n) is 11.1. The molecule has 3 rings (SSSR count). The number of halogens is 2. The highest BCUT2D eigenvalue weighted by Gasteiger charge is 2.39. The van der Waals surface area contributed by atoms with E-state index in [1.54, 1.807) is 12.3 Å². The van der Waals surface area contributed by atoms with E-state index in [0.29, 0.717) is 28.5 Å². The summed E-state index contributed by atoms with van der Waals surface area (Å²) >= 11 is 0. The minimum Gasteiger partial charge on any atom is -0.440 e. The largest absolute Gasteiger partial charge is 0.440 e. The fourth-order valence-corrected chi connectivity index (χ4v) is 3.91. The smallest absolute Gasteiger partial charge is 0.413 e. The second-order valence-electron chi connectivity index (χ2n) is 9.37. The van der Waals surface area contributed by atoms with Crippen molar-refractivity contribution in [2.45, 2.75) is 66.4 Å². The van der Waals surface area contributed by atoms with Gasteiger partial charge in [-0.25, -0.2) is 23.5 Å². The zero-order chi connectivity index (χ0) is 23.7. The van der Waals surface area contributed by atoms with Crippen LogP contribution >= 0.6 is 0 Å². The lowest BCUT2D eigenvalue weighted by Gasteiger charge is -2.35. The fraction of sp³-hybridized carbons (Fsp3) is 0.542. The van der Waals surface area contributed by atoms with Crippen molar-refractivity contribution in [1.82, 2.24) is 9.97 Å². The molecule has 1 atom stereocenters. The van der Waals surface area contributed by atoms with Crippen LogP contribution in [0.3, 0.4) is 0 Å². The molecule has 32 heavy (non-hydrogen) atoms. The highest BCUT2D eigenvalue weighted by atomic mass is 19.3. The minimum atomic E-state index is -3.03. The molecule has 6 nitrogen and oxygen atoms in total. The number of nitrogens with one attached hydrogen (secondary N) is 1. The van der Waals surface area contributed by atoms with Crippen LogP contribution in [0.4, 0.5) is 25.2 Å². The van der Waals surface area contributed by atoms with E-state index in [1.807, 2.05) is 25.7 Å². The molecule has 8 heteroatoms. The summed E-state index contributed by atoms with van der Waals surface area (Å²) in [7, 11) is 0. The zero-order valence-corrected chi connectivity index (χ0v) is 19.6. The third-order valence-electron chi connectivity index (χ3n) is 5.39. The lowest BCUT2D eigenvalue weighted by atomic mass is 9.82. The lowest BCUT2D eigenvalue weighted by molar-refractivity contribution is 0.0174. The van der Waals surface area contributed by atoms with Gasteiger partial charge in [-0.3, -0.25) is 5.32 Å². The van der Waals surface area contributed by atoms with Crippen LogP contribution in [0.15, 0.2) is 24.4 Å². The van der Waals surface area contributed by atoms with E-state index in [1.165, 1.54) is 12.1 Å². The Bertz CT molecular complexity index is 977. The van der Waals surface area contributed by atoms with Crippen molar-refractivity contribution in [2.75, 3.05) is 23.3 Å². The highest BCUT2D eigenvalue weighted by Crippen LogP contribution is 2.46. The fourth-order valence-electron chi connectivity index (χ4n) is 3.91. The molecular weight excluding hydrogens is 414 g/mol. The number of alkyl halides is 2. The van der Waals surface area contributed by atoms with Crippen LogP contribution in [0.25, 0.3) is 11.3 Å². The van der Waals surface area contributed by atoms with E-state index in [9.17, 15) is 13.6 Å². The number of carbonyl (C=O) groups is 1. The van der Waals surface area contributed by atoms with Gasteiger partial charge in [-0.2, -0.15) is 0 Å². The highest BCUT2D eigenvalue weighted by molar-refractivity contribution is 5.89. The van der Waals surface area contributed by atoms with Crippen LogP contribution in [0.2, 0.25) is 0 Å². The molecule has 0 saturated carbocycles. The number of ether oxygens (including phenoxy) is 1. The Morgan fingerprint density at radius 3 is 2.34 bits per heavy atom. The SMILES string of the molecule is CCCN(CCC)c1cc(C(C)(F)F)cc(-c2ccnc3c2[C@@H](C(C)(C)C)OC(=O)N3)n1. The number of rotatable bonds is 7. The summed E-state index contributed by atoms with van der Waals surface area (Å²) in [6.45, 7) is 12.3. The number of fused-ring (bicyclic) bond motifs is 1. The van der Waals surface area contributed by atoms with Crippen molar-refractivity contribution in [3.63, 3.8) is 0 Å². The topological polar surface area (TPSA) is 67.4 Å². The summed E-state index contributed by atoms with van der Waals surface area (Å²) in [5.41, 5.74) is 1.13. The van der Waals surface area contributed by atoms with E-state index >= 15 is 0 Å². The number of aromatic nitrogens is 2. The van der Waals surface area contributed by atoms with Gasteiger partial charge in [0.15, 0.2) is 0 Å². The molecule has 0 spiro atoms. The normalized spacial score (nSPS) is 16.2. The quantitative estimate of drug-likeness (QED) is 0.524. The van der Waals surface area contributed by atoms with Crippen molar-refractivity contribution in [1.29, 1.82) is 0 Å². The molecule has 1 aliphatic heterocycles. The Labute approximate surface area is 188 Å². The molecule has 1 aliphatic rings. The maximum atomic E-state index is 14.5. The maximum Gasteiger partial charge on any atom is 0.413 e. The van der Waals surface area contributed by atoms with Gasteiger partial charge in [0, 0.05) is 48.3 Å². The molecule has 0 saturated heterocycles. The summed E-state index contributed by atoms with van der Waals surface area (Å²) < 4.78 is 34.6. The number of pyridine rings is 2. The third kappa shape index (κ3) is 5.00. The number of anilines is 2. The molecule has 2 aromatic rings. The Morgan fingerprint density at radius 2 is 1.78 bits per heavy atom. The third-order valence-corrected chi connectivity index (χ3v) is 5.39. The molecule has 1 N–H and O–H groups in total. The van der Waals surface area contributed by atoms with Gasteiger partial charge in [0.25, 0.3) is 5.92 Å². The molecule has 0 radical (unpaired) electrons. The first kappa shape index (κ1) is 23.9. The number of cyclic esters (lactones) is 1. The Kier molecular flexibility index (Phi) is 6.72. The molecule has 174 valence electrons. The van der Waals surface area contributed by atoms with E-state index in [4.69, 9.17) is 9.72 Å². The van der Waals surface area contributed by atoms with Crippen molar-refractivity contribution in [3.8, 4) is 11.3 Å². The average molecular weight is 447 g/mol. The summed E-state index contributed by atoms with van der Waals surface area (Å²) in [4.78, 5) is 23.2.